The van der Waals surface area contributed by atoms with E-state index in [1.54, 1.807) is 7.11 Å². The molecule has 0 saturated carbocycles. The number of fused-ring (bicyclic) bond motifs is 1. The van der Waals surface area contributed by atoms with E-state index in [1.165, 1.54) is 27.9 Å². The van der Waals surface area contributed by atoms with E-state index in [0.29, 0.717) is 6.04 Å². The van der Waals surface area contributed by atoms with Crippen LogP contribution in [-0.4, -0.2) is 7.11 Å². The number of aryl methyl sites for hydroxylation is 2. The zero-order chi connectivity index (χ0) is 14.3. The van der Waals surface area contributed by atoms with Gasteiger partial charge in [-0.25, -0.2) is 0 Å². The Morgan fingerprint density at radius 3 is 2.65 bits per heavy atom. The fourth-order valence-electron chi connectivity index (χ4n) is 2.98. The molecule has 1 aliphatic rings. The van der Waals surface area contributed by atoms with Crippen LogP contribution in [0.3, 0.4) is 0 Å². The van der Waals surface area contributed by atoms with E-state index < -0.39 is 0 Å². The van der Waals surface area contributed by atoms with Gasteiger partial charge in [0.05, 0.1) is 13.2 Å². The molecule has 104 valence electrons. The Morgan fingerprint density at radius 1 is 1.15 bits per heavy atom. The summed E-state index contributed by atoms with van der Waals surface area (Å²) in [5.41, 5.74) is 6.31. The molecule has 0 spiro atoms. The SMILES string of the molecule is COc1ccc(C2Cc3cc(Cl)cc(C)c3N2)c(C)c1. The van der Waals surface area contributed by atoms with Crippen LogP contribution < -0.4 is 10.1 Å². The van der Waals surface area contributed by atoms with Gasteiger partial charge < -0.3 is 10.1 Å². The van der Waals surface area contributed by atoms with Gasteiger partial charge in [-0.2, -0.15) is 0 Å². The first-order chi connectivity index (χ1) is 9.58. The highest BCUT2D eigenvalue weighted by atomic mass is 35.5. The summed E-state index contributed by atoms with van der Waals surface area (Å²) in [4.78, 5) is 0. The van der Waals surface area contributed by atoms with Gasteiger partial charge in [0.1, 0.15) is 5.75 Å². The maximum atomic E-state index is 6.15. The first kappa shape index (κ1) is 13.3. The van der Waals surface area contributed by atoms with E-state index in [4.69, 9.17) is 16.3 Å². The van der Waals surface area contributed by atoms with Gasteiger partial charge in [-0.15, -0.1) is 0 Å². The fourth-order valence-corrected chi connectivity index (χ4v) is 3.27. The Balaban J connectivity index is 1.94. The van der Waals surface area contributed by atoms with Crippen molar-refractivity contribution in [1.29, 1.82) is 0 Å². The van der Waals surface area contributed by atoms with Crippen molar-refractivity contribution < 1.29 is 4.74 Å². The minimum Gasteiger partial charge on any atom is -0.497 e. The number of nitrogens with one attached hydrogen (secondary N) is 1. The normalized spacial score (nSPS) is 16.7. The highest BCUT2D eigenvalue weighted by molar-refractivity contribution is 6.30. The van der Waals surface area contributed by atoms with Gasteiger partial charge in [0.25, 0.3) is 0 Å². The lowest BCUT2D eigenvalue weighted by atomic mass is 9.98. The largest absolute Gasteiger partial charge is 0.497 e. The van der Waals surface area contributed by atoms with Crippen molar-refractivity contribution in [3.05, 3.63) is 57.6 Å². The number of halogens is 1. The van der Waals surface area contributed by atoms with Gasteiger partial charge >= 0.3 is 0 Å². The maximum absolute atomic E-state index is 6.15. The average molecular weight is 288 g/mol. The predicted octanol–water partition coefficient (Wildman–Crippen LogP) is 4.67. The van der Waals surface area contributed by atoms with Crippen LogP contribution in [0.1, 0.15) is 28.3 Å². The summed E-state index contributed by atoms with van der Waals surface area (Å²) >= 11 is 6.15. The first-order valence-electron chi connectivity index (χ1n) is 6.78. The zero-order valence-corrected chi connectivity index (χ0v) is 12.7. The molecule has 0 bridgehead atoms. The number of hydrogen-bond donors (Lipinski definition) is 1. The minimum atomic E-state index is 0.313. The van der Waals surface area contributed by atoms with Crippen LogP contribution in [0.2, 0.25) is 5.02 Å². The van der Waals surface area contributed by atoms with Crippen LogP contribution >= 0.6 is 11.6 Å². The lowest BCUT2D eigenvalue weighted by Crippen LogP contribution is -2.08. The van der Waals surface area contributed by atoms with Crippen LogP contribution in [0, 0.1) is 13.8 Å². The molecule has 1 N–H and O–H groups in total. The van der Waals surface area contributed by atoms with Crippen LogP contribution in [-0.2, 0) is 6.42 Å². The third-order valence-electron chi connectivity index (χ3n) is 3.98. The molecule has 1 unspecified atom stereocenters. The van der Waals surface area contributed by atoms with E-state index in [9.17, 15) is 0 Å². The van der Waals surface area contributed by atoms with E-state index in [0.717, 1.165) is 17.2 Å². The number of anilines is 1. The summed E-state index contributed by atoms with van der Waals surface area (Å²) < 4.78 is 5.27. The molecule has 1 atom stereocenters. The molecule has 0 saturated heterocycles. The van der Waals surface area contributed by atoms with E-state index in [1.807, 2.05) is 12.1 Å². The molecule has 1 heterocycles. The second-order valence-corrected chi connectivity index (χ2v) is 5.82. The van der Waals surface area contributed by atoms with Gasteiger partial charge in [-0.3, -0.25) is 0 Å². The van der Waals surface area contributed by atoms with Crippen LogP contribution in [0.15, 0.2) is 30.3 Å². The van der Waals surface area contributed by atoms with Gasteiger partial charge in [-0.05, 0) is 66.8 Å². The first-order valence-corrected chi connectivity index (χ1v) is 7.16. The maximum Gasteiger partial charge on any atom is 0.119 e. The summed E-state index contributed by atoms with van der Waals surface area (Å²) in [6.45, 7) is 4.23. The molecule has 3 heteroatoms. The minimum absolute atomic E-state index is 0.313. The Labute approximate surface area is 124 Å². The van der Waals surface area contributed by atoms with Crippen LogP contribution in [0.5, 0.6) is 5.75 Å². The second-order valence-electron chi connectivity index (χ2n) is 5.38. The highest BCUT2D eigenvalue weighted by Crippen LogP contribution is 2.39. The van der Waals surface area contributed by atoms with Gasteiger partial charge in [0.15, 0.2) is 0 Å². The molecule has 20 heavy (non-hydrogen) atoms. The quantitative estimate of drug-likeness (QED) is 0.866. The molecule has 3 rings (SSSR count). The molecule has 2 nitrogen and oxygen atoms in total. The van der Waals surface area contributed by atoms with Crippen LogP contribution in [0.4, 0.5) is 5.69 Å². The Kier molecular flexibility index (Phi) is 3.35. The van der Waals surface area contributed by atoms with Crippen molar-refractivity contribution in [3.63, 3.8) is 0 Å². The molecule has 0 aliphatic carbocycles. The zero-order valence-electron chi connectivity index (χ0n) is 12.0. The lowest BCUT2D eigenvalue weighted by Gasteiger charge is -2.16. The van der Waals surface area contributed by atoms with Crippen LogP contribution in [0.25, 0.3) is 0 Å². The van der Waals surface area contributed by atoms with Crippen molar-refractivity contribution in [1.82, 2.24) is 0 Å². The summed E-state index contributed by atoms with van der Waals surface area (Å²) in [5.74, 6) is 0.904. The summed E-state index contributed by atoms with van der Waals surface area (Å²) in [5, 5.41) is 4.44. The third kappa shape index (κ3) is 2.25. The average Bonchev–Trinajstić information content (AvgIpc) is 2.82. The number of benzene rings is 2. The van der Waals surface area contributed by atoms with Crippen molar-refractivity contribution in [3.8, 4) is 5.75 Å². The Bertz CT molecular complexity index is 666. The summed E-state index contributed by atoms with van der Waals surface area (Å²) in [6.07, 6.45) is 0.976. The van der Waals surface area contributed by atoms with Gasteiger partial charge in [0, 0.05) is 10.7 Å². The number of hydrogen-bond acceptors (Lipinski definition) is 2. The van der Waals surface area contributed by atoms with E-state index in [2.05, 4.69) is 37.4 Å². The van der Waals surface area contributed by atoms with Crippen molar-refractivity contribution in [2.45, 2.75) is 26.3 Å². The number of rotatable bonds is 2. The van der Waals surface area contributed by atoms with E-state index >= 15 is 0 Å². The van der Waals surface area contributed by atoms with Gasteiger partial charge in [-0.1, -0.05) is 17.7 Å². The standard InChI is InChI=1S/C17H18ClNO/c1-10-7-14(20-3)4-5-15(10)16-9-12-8-13(18)6-11(2)17(12)19-16/h4-8,16,19H,9H2,1-3H3. The highest BCUT2D eigenvalue weighted by Gasteiger charge is 2.25. The fraction of sp³-hybridized carbons (Fsp3) is 0.294. The molecule has 0 fully saturated rings. The Hall–Kier alpha value is -1.67. The molecule has 1 aliphatic heterocycles. The predicted molar refractivity (Wildman–Crippen MR) is 84.0 cm³/mol. The monoisotopic (exact) mass is 287 g/mol. The number of methoxy groups -OCH3 is 1. The molecule has 0 amide bonds. The third-order valence-corrected chi connectivity index (χ3v) is 4.20. The smallest absolute Gasteiger partial charge is 0.119 e. The molecular formula is C17H18ClNO. The van der Waals surface area contributed by atoms with E-state index in [-0.39, 0.29) is 0 Å². The summed E-state index contributed by atoms with van der Waals surface area (Å²) in [7, 11) is 1.70. The van der Waals surface area contributed by atoms with Crippen molar-refractivity contribution in [2.24, 2.45) is 0 Å². The van der Waals surface area contributed by atoms with Gasteiger partial charge in [0.2, 0.25) is 0 Å². The molecule has 0 aromatic heterocycles. The summed E-state index contributed by atoms with van der Waals surface area (Å²) in [6, 6.07) is 10.6. The topological polar surface area (TPSA) is 21.3 Å². The Morgan fingerprint density at radius 2 is 1.95 bits per heavy atom. The lowest BCUT2D eigenvalue weighted by molar-refractivity contribution is 0.414. The molecule has 2 aromatic rings. The molecule has 0 radical (unpaired) electrons. The van der Waals surface area contributed by atoms with Crippen molar-refractivity contribution in [2.75, 3.05) is 12.4 Å². The molecule has 2 aromatic carbocycles. The number of ether oxygens (including phenoxy) is 1. The molecular weight excluding hydrogens is 270 g/mol. The van der Waals surface area contributed by atoms with Crippen molar-refractivity contribution >= 4 is 17.3 Å². The second kappa shape index (κ2) is 5.02.